The van der Waals surface area contributed by atoms with Crippen molar-refractivity contribution in [3.05, 3.63) is 35.4 Å². The Morgan fingerprint density at radius 1 is 1.28 bits per heavy atom. The van der Waals surface area contributed by atoms with Crippen molar-refractivity contribution in [2.24, 2.45) is 0 Å². The number of nitrogens with one attached hydrogen (secondary N) is 1. The minimum Gasteiger partial charge on any atom is -0.212 e. The average molecular weight is 277 g/mol. The smallest absolute Gasteiger partial charge is 0.211 e. The highest BCUT2D eigenvalue weighted by Crippen LogP contribution is 2.11. The van der Waals surface area contributed by atoms with E-state index < -0.39 is 21.7 Å². The van der Waals surface area contributed by atoms with Gasteiger partial charge in [-0.25, -0.2) is 21.9 Å². The molecule has 0 spiro atoms. The number of benzene rings is 1. The van der Waals surface area contributed by atoms with E-state index in [-0.39, 0.29) is 11.8 Å². The standard InChI is InChI=1S/C12H17F2NO2S/c1-3-18(16,17)15-9(2)4-5-10-6-7-11(13)12(14)8-10/h6-9,15H,3-5H2,1-2H3/t9-/m0/s1. The molecule has 0 bridgehead atoms. The van der Waals surface area contributed by atoms with E-state index >= 15 is 0 Å². The molecule has 1 aromatic carbocycles. The van der Waals surface area contributed by atoms with Crippen LogP contribution in [0, 0.1) is 11.6 Å². The van der Waals surface area contributed by atoms with Gasteiger partial charge >= 0.3 is 0 Å². The van der Waals surface area contributed by atoms with Crippen LogP contribution in [0.25, 0.3) is 0 Å². The third-order valence-electron chi connectivity index (χ3n) is 2.61. The zero-order valence-electron chi connectivity index (χ0n) is 10.4. The van der Waals surface area contributed by atoms with Crippen LogP contribution in [0.4, 0.5) is 8.78 Å². The van der Waals surface area contributed by atoms with Crippen molar-refractivity contribution in [2.45, 2.75) is 32.7 Å². The summed E-state index contributed by atoms with van der Waals surface area (Å²) in [5.41, 5.74) is 0.649. The van der Waals surface area contributed by atoms with Crippen LogP contribution in [-0.2, 0) is 16.4 Å². The molecule has 3 nitrogen and oxygen atoms in total. The lowest BCUT2D eigenvalue weighted by atomic mass is 10.1. The van der Waals surface area contributed by atoms with Crippen molar-refractivity contribution in [2.75, 3.05) is 5.75 Å². The molecular formula is C12H17F2NO2S. The van der Waals surface area contributed by atoms with Crippen LogP contribution in [0.3, 0.4) is 0 Å². The molecule has 0 aliphatic carbocycles. The Morgan fingerprint density at radius 2 is 1.94 bits per heavy atom. The first-order valence-corrected chi connectivity index (χ1v) is 7.43. The molecule has 0 aromatic heterocycles. The maximum Gasteiger partial charge on any atom is 0.211 e. The predicted molar refractivity (Wildman–Crippen MR) is 66.7 cm³/mol. The van der Waals surface area contributed by atoms with Gasteiger partial charge < -0.3 is 0 Å². The molecule has 1 atom stereocenters. The van der Waals surface area contributed by atoms with Gasteiger partial charge in [0.2, 0.25) is 10.0 Å². The van der Waals surface area contributed by atoms with Crippen molar-refractivity contribution in [1.82, 2.24) is 4.72 Å². The molecule has 6 heteroatoms. The summed E-state index contributed by atoms with van der Waals surface area (Å²) in [4.78, 5) is 0. The summed E-state index contributed by atoms with van der Waals surface area (Å²) in [6.07, 6.45) is 1.02. The monoisotopic (exact) mass is 277 g/mol. The Morgan fingerprint density at radius 3 is 2.50 bits per heavy atom. The van der Waals surface area contributed by atoms with Gasteiger partial charge in [0, 0.05) is 6.04 Å². The summed E-state index contributed by atoms with van der Waals surface area (Å²) < 4.78 is 50.7. The Bertz CT molecular complexity index is 503. The van der Waals surface area contributed by atoms with Crippen LogP contribution in [0.1, 0.15) is 25.8 Å². The largest absolute Gasteiger partial charge is 0.212 e. The average Bonchev–Trinajstić information content (AvgIpc) is 2.30. The number of hydrogen-bond donors (Lipinski definition) is 1. The first kappa shape index (κ1) is 15.0. The number of rotatable bonds is 6. The fourth-order valence-electron chi connectivity index (χ4n) is 1.53. The minimum absolute atomic E-state index is 0.0303. The van der Waals surface area contributed by atoms with Crippen molar-refractivity contribution in [1.29, 1.82) is 0 Å². The molecule has 1 aromatic rings. The van der Waals surface area contributed by atoms with Gasteiger partial charge in [-0.1, -0.05) is 6.07 Å². The van der Waals surface area contributed by atoms with E-state index in [0.717, 1.165) is 12.1 Å². The summed E-state index contributed by atoms with van der Waals surface area (Å²) in [6.45, 7) is 3.30. The summed E-state index contributed by atoms with van der Waals surface area (Å²) in [5, 5.41) is 0. The lowest BCUT2D eigenvalue weighted by Crippen LogP contribution is -2.34. The molecule has 1 rings (SSSR count). The van der Waals surface area contributed by atoms with E-state index in [1.54, 1.807) is 13.8 Å². The molecule has 0 fully saturated rings. The molecule has 0 heterocycles. The second-order valence-electron chi connectivity index (χ2n) is 4.21. The minimum atomic E-state index is -3.22. The quantitative estimate of drug-likeness (QED) is 0.866. The zero-order valence-corrected chi connectivity index (χ0v) is 11.2. The molecular weight excluding hydrogens is 260 g/mol. The van der Waals surface area contributed by atoms with Gasteiger partial charge in [0.25, 0.3) is 0 Å². The highest BCUT2D eigenvalue weighted by Gasteiger charge is 2.12. The van der Waals surface area contributed by atoms with Gasteiger partial charge in [-0.05, 0) is 44.4 Å². The summed E-state index contributed by atoms with van der Waals surface area (Å²) in [7, 11) is -3.22. The molecule has 0 radical (unpaired) electrons. The lowest BCUT2D eigenvalue weighted by Gasteiger charge is -2.13. The first-order valence-electron chi connectivity index (χ1n) is 5.78. The maximum atomic E-state index is 12.9. The third-order valence-corrected chi connectivity index (χ3v) is 4.13. The summed E-state index contributed by atoms with van der Waals surface area (Å²) in [5.74, 6) is -1.73. The van der Waals surface area contributed by atoms with Crippen LogP contribution in [0.5, 0.6) is 0 Å². The van der Waals surface area contributed by atoms with E-state index in [1.807, 2.05) is 0 Å². The normalized spacial score (nSPS) is 13.6. The lowest BCUT2D eigenvalue weighted by molar-refractivity contribution is 0.505. The molecule has 0 amide bonds. The van der Waals surface area contributed by atoms with Crippen molar-refractivity contribution in [3.63, 3.8) is 0 Å². The number of aryl methyl sites for hydroxylation is 1. The molecule has 0 aliphatic rings. The van der Waals surface area contributed by atoms with Crippen LogP contribution >= 0.6 is 0 Å². The van der Waals surface area contributed by atoms with Gasteiger partial charge in [0.1, 0.15) is 0 Å². The van der Waals surface area contributed by atoms with Crippen LogP contribution in [0.2, 0.25) is 0 Å². The fourth-order valence-corrected chi connectivity index (χ4v) is 2.42. The van der Waals surface area contributed by atoms with Crippen molar-refractivity contribution >= 4 is 10.0 Å². The highest BCUT2D eigenvalue weighted by molar-refractivity contribution is 7.89. The van der Waals surface area contributed by atoms with E-state index in [9.17, 15) is 17.2 Å². The third kappa shape index (κ3) is 4.70. The Labute approximate surface area is 106 Å². The number of sulfonamides is 1. The Hall–Kier alpha value is -1.01. The van der Waals surface area contributed by atoms with E-state index in [2.05, 4.69) is 4.72 Å². The van der Waals surface area contributed by atoms with Crippen LogP contribution in [0.15, 0.2) is 18.2 Å². The topological polar surface area (TPSA) is 46.2 Å². The molecule has 0 saturated heterocycles. The Balaban J connectivity index is 2.52. The van der Waals surface area contributed by atoms with E-state index in [0.29, 0.717) is 18.4 Å². The zero-order chi connectivity index (χ0) is 13.8. The highest BCUT2D eigenvalue weighted by atomic mass is 32.2. The molecule has 1 N–H and O–H groups in total. The van der Waals surface area contributed by atoms with Gasteiger partial charge in [-0.2, -0.15) is 0 Å². The van der Waals surface area contributed by atoms with Crippen LogP contribution in [-0.4, -0.2) is 20.2 Å². The second-order valence-corrected chi connectivity index (χ2v) is 6.25. The summed E-state index contributed by atoms with van der Waals surface area (Å²) in [6, 6.07) is 3.48. The molecule has 0 saturated carbocycles. The van der Waals surface area contributed by atoms with Gasteiger partial charge in [-0.15, -0.1) is 0 Å². The molecule has 0 unspecified atom stereocenters. The molecule has 0 aliphatic heterocycles. The summed E-state index contributed by atoms with van der Waals surface area (Å²) >= 11 is 0. The van der Waals surface area contributed by atoms with E-state index in [4.69, 9.17) is 0 Å². The fraction of sp³-hybridized carbons (Fsp3) is 0.500. The first-order chi connectivity index (χ1) is 8.34. The van der Waals surface area contributed by atoms with Gasteiger partial charge in [0.15, 0.2) is 11.6 Å². The second kappa shape index (κ2) is 6.24. The molecule has 18 heavy (non-hydrogen) atoms. The Kier molecular flexibility index (Phi) is 5.22. The van der Waals surface area contributed by atoms with Gasteiger partial charge in [-0.3, -0.25) is 0 Å². The number of hydrogen-bond acceptors (Lipinski definition) is 2. The SMILES string of the molecule is CCS(=O)(=O)N[C@@H](C)CCc1ccc(F)c(F)c1. The van der Waals surface area contributed by atoms with Gasteiger partial charge in [0.05, 0.1) is 5.75 Å². The number of halogens is 2. The van der Waals surface area contributed by atoms with Crippen molar-refractivity contribution < 1.29 is 17.2 Å². The van der Waals surface area contributed by atoms with Crippen LogP contribution < -0.4 is 4.72 Å². The van der Waals surface area contributed by atoms with E-state index in [1.165, 1.54) is 6.07 Å². The predicted octanol–water partition coefficient (Wildman–Crippen LogP) is 2.23. The molecule has 102 valence electrons. The van der Waals surface area contributed by atoms with Crippen molar-refractivity contribution in [3.8, 4) is 0 Å². The maximum absolute atomic E-state index is 12.9.